The number of ketones is 1. The maximum Gasteiger partial charge on any atom is 0.313 e. The Bertz CT molecular complexity index is 1430. The molecule has 0 bridgehead atoms. The molecule has 2 rings (SSSR count). The van der Waals surface area contributed by atoms with Crippen molar-refractivity contribution in [2.45, 2.75) is 264 Å². The zero-order chi connectivity index (χ0) is 48.4. The van der Waals surface area contributed by atoms with Crippen LogP contribution in [-0.2, 0) is 14.3 Å². The van der Waals surface area contributed by atoms with Crippen molar-refractivity contribution in [2.24, 2.45) is 0 Å². The smallest absolute Gasteiger partial charge is 0.313 e. The van der Waals surface area contributed by atoms with Gasteiger partial charge in [0.05, 0.1) is 12.5 Å². The van der Waals surface area contributed by atoms with E-state index in [0.717, 1.165) is 76.4 Å². The molecule has 67 heavy (non-hydrogen) atoms. The van der Waals surface area contributed by atoms with Crippen LogP contribution in [0.15, 0.2) is 54.6 Å². The molecule has 1 amide bonds. The topological polar surface area (TPSA) is 66.9 Å². The summed E-state index contributed by atoms with van der Waals surface area (Å²) in [7, 11) is 4.22. The van der Waals surface area contributed by atoms with Crippen LogP contribution in [0.4, 0.5) is 0 Å². The molecule has 0 saturated carbocycles. The van der Waals surface area contributed by atoms with Crippen LogP contribution >= 0.6 is 0 Å². The van der Waals surface area contributed by atoms with Crippen molar-refractivity contribution in [1.29, 1.82) is 0 Å². The van der Waals surface area contributed by atoms with Crippen molar-refractivity contribution in [3.05, 3.63) is 71.3 Å². The maximum atomic E-state index is 14.0. The zero-order valence-corrected chi connectivity index (χ0v) is 44.5. The summed E-state index contributed by atoms with van der Waals surface area (Å²) in [5.41, 5.74) is 2.13. The molecule has 2 aromatic rings. The van der Waals surface area contributed by atoms with Crippen molar-refractivity contribution in [3.8, 4) is 0 Å². The van der Waals surface area contributed by atoms with Crippen LogP contribution in [0.2, 0.25) is 0 Å². The van der Waals surface area contributed by atoms with E-state index in [1.54, 1.807) is 12.1 Å². The predicted octanol–water partition coefficient (Wildman–Crippen LogP) is 17.4. The maximum absolute atomic E-state index is 14.0. The highest BCUT2D eigenvalue weighted by Gasteiger charge is 2.23. The quantitative estimate of drug-likeness (QED) is 0.0376. The predicted molar refractivity (Wildman–Crippen MR) is 287 cm³/mol. The summed E-state index contributed by atoms with van der Waals surface area (Å²) < 4.78 is 5.69. The Morgan fingerprint density at radius 1 is 0.463 bits per heavy atom. The number of carbonyl (C=O) groups is 3. The number of rotatable bonds is 46. The fourth-order valence-electron chi connectivity index (χ4n) is 9.66. The van der Waals surface area contributed by atoms with Gasteiger partial charge in [-0.05, 0) is 65.2 Å². The van der Waals surface area contributed by atoms with E-state index in [4.69, 9.17) is 4.74 Å². The molecule has 0 aromatic heterocycles. The Kier molecular flexibility index (Phi) is 37.6. The highest BCUT2D eigenvalue weighted by atomic mass is 16.5. The van der Waals surface area contributed by atoms with E-state index in [1.165, 1.54) is 167 Å². The van der Waals surface area contributed by atoms with Gasteiger partial charge >= 0.3 is 5.97 Å². The van der Waals surface area contributed by atoms with E-state index < -0.39 is 0 Å². The minimum absolute atomic E-state index is 0.0200. The van der Waals surface area contributed by atoms with Crippen molar-refractivity contribution in [3.63, 3.8) is 0 Å². The first-order valence-corrected chi connectivity index (χ1v) is 28.6. The molecular formula is C61H104N2O4. The van der Waals surface area contributed by atoms with Gasteiger partial charge in [-0.25, -0.2) is 0 Å². The van der Waals surface area contributed by atoms with Gasteiger partial charge in [0.2, 0.25) is 5.91 Å². The second kappa shape index (κ2) is 41.9. The molecule has 0 saturated heterocycles. The first kappa shape index (κ1) is 60.1. The van der Waals surface area contributed by atoms with Crippen LogP contribution in [0.25, 0.3) is 0 Å². The van der Waals surface area contributed by atoms with Gasteiger partial charge in [-0.1, -0.05) is 261 Å². The SMILES string of the molecule is CCCCCCCCCCCCCCCC(CCCCCCCCCCCCCCC)N(CCCCCCCCOC(=O)C(C)c1ccc(C(=O)c2ccccc2)cc1)C(=O)CCCN(C)C. The molecule has 1 atom stereocenters. The average Bonchev–Trinajstić information content (AvgIpc) is 3.34. The number of nitrogens with zero attached hydrogens (tertiary/aromatic N) is 2. The Morgan fingerprint density at radius 2 is 0.866 bits per heavy atom. The number of unbranched alkanes of at least 4 members (excludes halogenated alkanes) is 29. The molecule has 0 aliphatic rings. The summed E-state index contributed by atoms with van der Waals surface area (Å²) >= 11 is 0. The highest BCUT2D eigenvalue weighted by Crippen LogP contribution is 2.23. The van der Waals surface area contributed by atoms with Gasteiger partial charge in [-0.2, -0.15) is 0 Å². The van der Waals surface area contributed by atoms with E-state index in [9.17, 15) is 14.4 Å². The molecule has 0 N–H and O–H groups in total. The average molecular weight is 930 g/mol. The van der Waals surface area contributed by atoms with Gasteiger partial charge in [0.25, 0.3) is 0 Å². The monoisotopic (exact) mass is 929 g/mol. The molecule has 0 aliphatic carbocycles. The molecule has 0 spiro atoms. The third kappa shape index (κ3) is 31.0. The van der Waals surface area contributed by atoms with Gasteiger partial charge in [-0.3, -0.25) is 14.4 Å². The third-order valence-corrected chi connectivity index (χ3v) is 14.1. The van der Waals surface area contributed by atoms with Gasteiger partial charge < -0.3 is 14.5 Å². The fraction of sp³-hybridized carbons (Fsp3) is 0.754. The Balaban J connectivity index is 1.80. The van der Waals surface area contributed by atoms with Crippen molar-refractivity contribution < 1.29 is 19.1 Å². The van der Waals surface area contributed by atoms with Crippen molar-refractivity contribution >= 4 is 17.7 Å². The third-order valence-electron chi connectivity index (χ3n) is 14.1. The van der Waals surface area contributed by atoms with Crippen molar-refractivity contribution in [1.82, 2.24) is 9.80 Å². The molecule has 6 nitrogen and oxygen atoms in total. The number of carbonyl (C=O) groups excluding carboxylic acids is 3. The van der Waals surface area contributed by atoms with Gasteiger partial charge in [-0.15, -0.1) is 0 Å². The van der Waals surface area contributed by atoms with Gasteiger partial charge in [0.15, 0.2) is 5.78 Å². The van der Waals surface area contributed by atoms with Gasteiger partial charge in [0, 0.05) is 30.1 Å². The normalized spacial score (nSPS) is 12.0. The summed E-state index contributed by atoms with van der Waals surface area (Å²) in [4.78, 5) is 44.2. The molecule has 0 fully saturated rings. The Hall–Kier alpha value is -2.99. The second-order valence-corrected chi connectivity index (χ2v) is 20.5. The van der Waals surface area contributed by atoms with E-state index in [0.29, 0.717) is 36.1 Å². The van der Waals surface area contributed by atoms with Crippen LogP contribution in [0.5, 0.6) is 0 Å². The number of hydrogen-bond donors (Lipinski definition) is 0. The van der Waals surface area contributed by atoms with E-state index in [1.807, 2.05) is 49.4 Å². The molecule has 2 aromatic carbocycles. The number of amides is 1. The zero-order valence-electron chi connectivity index (χ0n) is 44.5. The summed E-state index contributed by atoms with van der Waals surface area (Å²) in [6.07, 6.45) is 45.9. The molecule has 6 heteroatoms. The summed E-state index contributed by atoms with van der Waals surface area (Å²) in [5.74, 6) is -0.241. The fourth-order valence-corrected chi connectivity index (χ4v) is 9.66. The summed E-state index contributed by atoms with van der Waals surface area (Å²) in [5, 5.41) is 0. The lowest BCUT2D eigenvalue weighted by Crippen LogP contribution is -2.41. The highest BCUT2D eigenvalue weighted by molar-refractivity contribution is 6.09. The van der Waals surface area contributed by atoms with Crippen LogP contribution < -0.4 is 0 Å². The number of ether oxygens (including phenoxy) is 1. The van der Waals surface area contributed by atoms with Crippen LogP contribution in [0.3, 0.4) is 0 Å². The number of benzene rings is 2. The summed E-state index contributed by atoms with van der Waals surface area (Å²) in [6, 6.07) is 17.0. The summed E-state index contributed by atoms with van der Waals surface area (Å²) in [6.45, 7) is 8.74. The number of hydrogen-bond acceptors (Lipinski definition) is 5. The lowest BCUT2D eigenvalue weighted by Gasteiger charge is -2.33. The molecule has 1 unspecified atom stereocenters. The van der Waals surface area contributed by atoms with E-state index in [2.05, 4.69) is 37.7 Å². The van der Waals surface area contributed by atoms with E-state index in [-0.39, 0.29) is 17.7 Å². The minimum atomic E-state index is -0.382. The molecular weight excluding hydrogens is 825 g/mol. The minimum Gasteiger partial charge on any atom is -0.465 e. The molecule has 0 aliphatic heterocycles. The van der Waals surface area contributed by atoms with Crippen LogP contribution in [0.1, 0.15) is 279 Å². The standard InChI is InChI=1S/C61H104N2O4/c1-6-8-10-12-14-16-18-20-22-24-26-30-37-44-58(45-38-31-27-25-23-21-19-17-15-13-11-9-7-2)63(59(64)46-41-51-62(4)5)52-39-32-28-29-33-40-53-67-61(66)54(3)55-47-49-57(50-48-55)60(65)56-42-35-34-36-43-56/h34-36,42-43,47-50,54,58H,6-33,37-41,44-46,51-53H2,1-5H3. The van der Waals surface area contributed by atoms with Gasteiger partial charge in [0.1, 0.15) is 0 Å². The molecule has 0 radical (unpaired) electrons. The van der Waals surface area contributed by atoms with Crippen LogP contribution in [0, 0.1) is 0 Å². The Morgan fingerprint density at radius 3 is 1.31 bits per heavy atom. The van der Waals surface area contributed by atoms with Crippen molar-refractivity contribution in [2.75, 3.05) is 33.8 Å². The van der Waals surface area contributed by atoms with E-state index >= 15 is 0 Å². The molecule has 0 heterocycles. The number of esters is 1. The Labute approximate surface area is 413 Å². The lowest BCUT2D eigenvalue weighted by molar-refractivity contribution is -0.145. The first-order chi connectivity index (χ1) is 32.8. The van der Waals surface area contributed by atoms with Crippen LogP contribution in [-0.4, -0.2) is 67.3 Å². The molecule has 382 valence electrons. The first-order valence-electron chi connectivity index (χ1n) is 28.6. The second-order valence-electron chi connectivity index (χ2n) is 20.5. The lowest BCUT2D eigenvalue weighted by atomic mass is 9.97. The largest absolute Gasteiger partial charge is 0.465 e.